The molecule has 31 heavy (non-hydrogen) atoms. The van der Waals surface area contributed by atoms with Crippen LogP contribution in [0.2, 0.25) is 5.02 Å². The van der Waals surface area contributed by atoms with Gasteiger partial charge in [-0.3, -0.25) is 0 Å². The molecule has 2 atom stereocenters. The third-order valence-electron chi connectivity index (χ3n) is 5.01. The fourth-order valence-electron chi connectivity index (χ4n) is 3.46. The van der Waals surface area contributed by atoms with Crippen molar-refractivity contribution >= 4 is 30.0 Å². The molecule has 6 nitrogen and oxygen atoms in total. The summed E-state index contributed by atoms with van der Waals surface area (Å²) < 4.78 is 19.8. The van der Waals surface area contributed by atoms with Crippen LogP contribution in [-0.2, 0) is 27.2 Å². The molecule has 0 N–H and O–H groups in total. The van der Waals surface area contributed by atoms with Gasteiger partial charge in [-0.2, -0.15) is 0 Å². The van der Waals surface area contributed by atoms with Crippen molar-refractivity contribution in [3.05, 3.63) is 89.5 Å². The molecule has 0 amide bonds. The summed E-state index contributed by atoms with van der Waals surface area (Å²) in [4.78, 5) is 16.3. The number of aromatic nitrogens is 2. The summed E-state index contributed by atoms with van der Waals surface area (Å²) in [5, 5.41) is 0.709. The smallest absolute Gasteiger partial charge is 0.338 e. The first-order chi connectivity index (χ1) is 14.6. The second-order valence-corrected chi connectivity index (χ2v) is 7.72. The van der Waals surface area contributed by atoms with Crippen molar-refractivity contribution in [2.45, 2.75) is 31.3 Å². The molecule has 164 valence electrons. The molecule has 1 aromatic heterocycles. The molecule has 0 saturated carbocycles. The summed E-state index contributed by atoms with van der Waals surface area (Å²) in [6.45, 7) is 1.00. The van der Waals surface area contributed by atoms with Crippen molar-refractivity contribution in [3.8, 4) is 0 Å². The van der Waals surface area contributed by atoms with Gasteiger partial charge < -0.3 is 18.8 Å². The van der Waals surface area contributed by atoms with Gasteiger partial charge >= 0.3 is 5.97 Å². The fourth-order valence-corrected chi connectivity index (χ4v) is 3.59. The van der Waals surface area contributed by atoms with Gasteiger partial charge in [-0.15, -0.1) is 12.4 Å². The summed E-state index contributed by atoms with van der Waals surface area (Å²) in [7, 11) is 0. The summed E-state index contributed by atoms with van der Waals surface area (Å²) in [6.07, 6.45) is 6.42. The van der Waals surface area contributed by atoms with Crippen LogP contribution in [0.1, 0.15) is 22.3 Å². The minimum Gasteiger partial charge on any atom is -0.459 e. The standard InChI is InChI=1S/C23H23ClN2O4.ClH/c24-20-8-6-18(7-9-20)10-11-23(16-26-13-12-25-17-26)29-15-21(30-23)14-28-22(27)19-4-2-1-3-5-19;/h1-9,12-13,17,21H,10-11,14-16H2;1H. The Hall–Kier alpha value is -2.38. The Balaban J connectivity index is 0.00000272. The molecule has 4 rings (SSSR count). The number of benzene rings is 2. The Morgan fingerprint density at radius 2 is 1.97 bits per heavy atom. The van der Waals surface area contributed by atoms with Crippen LogP contribution in [0.3, 0.4) is 0 Å². The van der Waals surface area contributed by atoms with Crippen LogP contribution in [0.4, 0.5) is 0 Å². The third-order valence-corrected chi connectivity index (χ3v) is 5.27. The Labute approximate surface area is 192 Å². The number of aryl methyl sites for hydroxylation is 1. The van der Waals surface area contributed by atoms with Crippen LogP contribution >= 0.6 is 24.0 Å². The highest BCUT2D eigenvalue weighted by Crippen LogP contribution is 2.31. The summed E-state index contributed by atoms with van der Waals surface area (Å²) >= 11 is 5.98. The van der Waals surface area contributed by atoms with Gasteiger partial charge in [0.1, 0.15) is 12.7 Å². The number of carbonyl (C=O) groups excluding carboxylic acids is 1. The van der Waals surface area contributed by atoms with Crippen molar-refractivity contribution in [1.29, 1.82) is 0 Å². The predicted octanol–water partition coefficient (Wildman–Crippen LogP) is 4.56. The van der Waals surface area contributed by atoms with E-state index in [1.165, 1.54) is 0 Å². The van der Waals surface area contributed by atoms with E-state index in [9.17, 15) is 4.79 Å². The van der Waals surface area contributed by atoms with E-state index in [1.54, 1.807) is 36.8 Å². The van der Waals surface area contributed by atoms with Gasteiger partial charge in [0, 0.05) is 23.8 Å². The highest BCUT2D eigenvalue weighted by Gasteiger charge is 2.42. The van der Waals surface area contributed by atoms with Crippen LogP contribution in [-0.4, -0.2) is 40.6 Å². The van der Waals surface area contributed by atoms with E-state index in [4.69, 9.17) is 25.8 Å². The normalized spacial score (nSPS) is 20.2. The maximum absolute atomic E-state index is 12.2. The zero-order valence-corrected chi connectivity index (χ0v) is 18.4. The largest absolute Gasteiger partial charge is 0.459 e. The lowest BCUT2D eigenvalue weighted by molar-refractivity contribution is -0.185. The molecule has 2 unspecified atom stereocenters. The van der Waals surface area contributed by atoms with E-state index in [-0.39, 0.29) is 31.1 Å². The number of hydrogen-bond acceptors (Lipinski definition) is 5. The SMILES string of the molecule is Cl.O=C(OCC1COC(CCc2ccc(Cl)cc2)(Cn2ccnc2)O1)c1ccccc1. The molecule has 2 aromatic carbocycles. The molecular formula is C23H24Cl2N2O4. The first-order valence-electron chi connectivity index (χ1n) is 9.86. The quantitative estimate of drug-likeness (QED) is 0.459. The van der Waals surface area contributed by atoms with Gasteiger partial charge in [0.2, 0.25) is 0 Å². The topological polar surface area (TPSA) is 62.6 Å². The van der Waals surface area contributed by atoms with Crippen LogP contribution in [0.25, 0.3) is 0 Å². The first-order valence-corrected chi connectivity index (χ1v) is 10.2. The van der Waals surface area contributed by atoms with E-state index in [1.807, 2.05) is 41.1 Å². The van der Waals surface area contributed by atoms with Gasteiger partial charge in [-0.05, 0) is 36.2 Å². The number of imidazole rings is 1. The average molecular weight is 463 g/mol. The minimum absolute atomic E-state index is 0. The number of nitrogens with zero attached hydrogens (tertiary/aromatic N) is 2. The Morgan fingerprint density at radius 3 is 2.68 bits per heavy atom. The molecule has 3 aromatic rings. The molecule has 0 spiro atoms. The lowest BCUT2D eigenvalue weighted by Crippen LogP contribution is -2.37. The van der Waals surface area contributed by atoms with Crippen LogP contribution in [0.15, 0.2) is 73.3 Å². The Bertz CT molecular complexity index is 951. The van der Waals surface area contributed by atoms with Gasteiger partial charge in [0.25, 0.3) is 0 Å². The number of halogens is 2. The van der Waals surface area contributed by atoms with Crippen molar-refractivity contribution < 1.29 is 19.0 Å². The van der Waals surface area contributed by atoms with E-state index in [0.29, 0.717) is 30.2 Å². The summed E-state index contributed by atoms with van der Waals surface area (Å²) in [5.74, 6) is -1.18. The van der Waals surface area contributed by atoms with Crippen LogP contribution in [0.5, 0.6) is 0 Å². The molecule has 1 fully saturated rings. The van der Waals surface area contributed by atoms with E-state index >= 15 is 0 Å². The Kier molecular flexibility index (Phi) is 8.09. The van der Waals surface area contributed by atoms with E-state index in [2.05, 4.69) is 4.98 Å². The summed E-state index contributed by atoms with van der Waals surface area (Å²) in [6, 6.07) is 16.7. The number of ether oxygens (including phenoxy) is 3. The molecule has 2 heterocycles. The van der Waals surface area contributed by atoms with E-state index < -0.39 is 5.79 Å². The molecule has 8 heteroatoms. The summed E-state index contributed by atoms with van der Waals surface area (Å²) in [5.41, 5.74) is 1.67. The zero-order chi connectivity index (χ0) is 20.8. The lowest BCUT2D eigenvalue weighted by atomic mass is 10.0. The van der Waals surface area contributed by atoms with Crippen molar-refractivity contribution in [3.63, 3.8) is 0 Å². The monoisotopic (exact) mass is 462 g/mol. The molecule has 1 saturated heterocycles. The fraction of sp³-hybridized carbons (Fsp3) is 0.304. The zero-order valence-electron chi connectivity index (χ0n) is 16.9. The van der Waals surface area contributed by atoms with Gasteiger partial charge in [0.15, 0.2) is 5.79 Å². The van der Waals surface area contributed by atoms with Crippen molar-refractivity contribution in [1.82, 2.24) is 9.55 Å². The maximum Gasteiger partial charge on any atom is 0.338 e. The number of hydrogen-bond donors (Lipinski definition) is 0. The van der Waals surface area contributed by atoms with Gasteiger partial charge in [-0.1, -0.05) is 41.9 Å². The molecule has 0 radical (unpaired) electrons. The second-order valence-electron chi connectivity index (χ2n) is 7.29. The van der Waals surface area contributed by atoms with Crippen LogP contribution < -0.4 is 0 Å². The predicted molar refractivity (Wildman–Crippen MR) is 120 cm³/mol. The van der Waals surface area contributed by atoms with E-state index in [0.717, 1.165) is 12.0 Å². The molecule has 0 aliphatic carbocycles. The van der Waals surface area contributed by atoms with Gasteiger partial charge in [-0.25, -0.2) is 9.78 Å². The van der Waals surface area contributed by atoms with Crippen molar-refractivity contribution in [2.24, 2.45) is 0 Å². The van der Waals surface area contributed by atoms with Crippen molar-refractivity contribution in [2.75, 3.05) is 13.2 Å². The lowest BCUT2D eigenvalue weighted by Gasteiger charge is -2.28. The highest BCUT2D eigenvalue weighted by atomic mass is 35.5. The highest BCUT2D eigenvalue weighted by molar-refractivity contribution is 6.30. The molecule has 0 bridgehead atoms. The number of carbonyl (C=O) groups is 1. The van der Waals surface area contributed by atoms with Crippen LogP contribution in [0, 0.1) is 0 Å². The average Bonchev–Trinajstić information content (AvgIpc) is 3.43. The number of rotatable bonds is 8. The second kappa shape index (κ2) is 10.8. The maximum atomic E-state index is 12.2. The minimum atomic E-state index is -0.815. The first kappa shape index (κ1) is 23.3. The molecular weight excluding hydrogens is 439 g/mol. The Morgan fingerprint density at radius 1 is 1.19 bits per heavy atom. The molecule has 1 aliphatic heterocycles. The van der Waals surface area contributed by atoms with Gasteiger partial charge in [0.05, 0.1) is 25.0 Å². The third kappa shape index (κ3) is 6.31. The molecule has 1 aliphatic rings. The number of esters is 1.